The van der Waals surface area contributed by atoms with E-state index >= 15 is 0 Å². The zero-order valence-corrected chi connectivity index (χ0v) is 7.24. The van der Waals surface area contributed by atoms with Crippen molar-refractivity contribution >= 4 is 0 Å². The first-order valence-corrected chi connectivity index (χ1v) is 4.67. The molecular formula is C9H15O4. The summed E-state index contributed by atoms with van der Waals surface area (Å²) < 4.78 is 0. The lowest BCUT2D eigenvalue weighted by Gasteiger charge is -2.41. The van der Waals surface area contributed by atoms with Crippen LogP contribution in [0.5, 0.6) is 0 Å². The highest BCUT2D eigenvalue weighted by Crippen LogP contribution is 2.42. The number of hydrogen-bond acceptors (Lipinski definition) is 4. The van der Waals surface area contributed by atoms with Crippen LogP contribution in [0, 0.1) is 18.3 Å². The molecule has 0 heterocycles. The molecule has 1 radical (unpaired) electrons. The van der Waals surface area contributed by atoms with Crippen LogP contribution in [0.15, 0.2) is 0 Å². The van der Waals surface area contributed by atoms with Crippen molar-refractivity contribution in [1.29, 1.82) is 0 Å². The lowest BCUT2D eigenvalue weighted by Crippen LogP contribution is -2.56. The van der Waals surface area contributed by atoms with Gasteiger partial charge in [0.25, 0.3) is 0 Å². The highest BCUT2D eigenvalue weighted by molar-refractivity contribution is 5.04. The van der Waals surface area contributed by atoms with Gasteiger partial charge in [-0.3, -0.25) is 0 Å². The molecule has 0 aromatic heterocycles. The third-order valence-electron chi connectivity index (χ3n) is 3.35. The van der Waals surface area contributed by atoms with Crippen molar-refractivity contribution in [2.45, 2.75) is 37.3 Å². The monoisotopic (exact) mass is 187 g/mol. The average molecular weight is 187 g/mol. The number of aliphatic hydroxyl groups is 4. The normalized spacial score (nSPS) is 56.3. The van der Waals surface area contributed by atoms with Crippen molar-refractivity contribution in [3.63, 3.8) is 0 Å². The van der Waals surface area contributed by atoms with E-state index in [2.05, 4.69) is 0 Å². The number of rotatable bonds is 0. The molecule has 0 saturated heterocycles. The summed E-state index contributed by atoms with van der Waals surface area (Å²) in [6, 6.07) is 0. The smallest absolute Gasteiger partial charge is 0.109 e. The first-order valence-electron chi connectivity index (χ1n) is 4.67. The van der Waals surface area contributed by atoms with Gasteiger partial charge in [-0.05, 0) is 31.1 Å². The minimum Gasteiger partial charge on any atom is -0.390 e. The van der Waals surface area contributed by atoms with Crippen molar-refractivity contribution in [3.05, 3.63) is 6.42 Å². The van der Waals surface area contributed by atoms with E-state index in [9.17, 15) is 20.4 Å². The van der Waals surface area contributed by atoms with E-state index in [0.29, 0.717) is 12.8 Å². The van der Waals surface area contributed by atoms with Gasteiger partial charge in [0.1, 0.15) is 12.2 Å². The fourth-order valence-electron chi connectivity index (χ4n) is 2.53. The molecule has 4 heteroatoms. The largest absolute Gasteiger partial charge is 0.390 e. The van der Waals surface area contributed by atoms with Crippen LogP contribution in [-0.4, -0.2) is 44.8 Å². The van der Waals surface area contributed by atoms with Gasteiger partial charge in [0.2, 0.25) is 0 Å². The van der Waals surface area contributed by atoms with Gasteiger partial charge in [0, 0.05) is 0 Å². The van der Waals surface area contributed by atoms with Crippen molar-refractivity contribution in [3.8, 4) is 0 Å². The van der Waals surface area contributed by atoms with E-state index < -0.39 is 24.4 Å². The molecule has 0 aromatic rings. The SMILES string of the molecule is OC1C(O)C(O)C2C[CH]CC2C1O. The van der Waals surface area contributed by atoms with Gasteiger partial charge in [-0.2, -0.15) is 0 Å². The molecule has 13 heavy (non-hydrogen) atoms. The molecule has 2 saturated carbocycles. The highest BCUT2D eigenvalue weighted by Gasteiger charge is 2.50. The molecule has 0 bridgehead atoms. The summed E-state index contributed by atoms with van der Waals surface area (Å²) >= 11 is 0. The quantitative estimate of drug-likeness (QED) is 0.379. The number of fused-ring (bicyclic) bond motifs is 1. The molecule has 0 aliphatic heterocycles. The van der Waals surface area contributed by atoms with E-state index in [1.807, 2.05) is 6.42 Å². The molecule has 2 rings (SSSR count). The molecule has 6 unspecified atom stereocenters. The zero-order valence-electron chi connectivity index (χ0n) is 7.24. The maximum atomic E-state index is 9.59. The summed E-state index contributed by atoms with van der Waals surface area (Å²) in [6.07, 6.45) is -0.791. The Labute approximate surface area is 76.8 Å². The molecule has 0 amide bonds. The Bertz CT molecular complexity index is 176. The average Bonchev–Trinajstić information content (AvgIpc) is 2.59. The lowest BCUT2D eigenvalue weighted by molar-refractivity contribution is -0.176. The summed E-state index contributed by atoms with van der Waals surface area (Å²) in [5.74, 6) is -0.179. The van der Waals surface area contributed by atoms with Crippen molar-refractivity contribution < 1.29 is 20.4 Å². The molecule has 0 spiro atoms. The molecule has 4 N–H and O–H groups in total. The van der Waals surface area contributed by atoms with Gasteiger partial charge < -0.3 is 20.4 Å². The molecule has 2 aliphatic rings. The van der Waals surface area contributed by atoms with E-state index in [4.69, 9.17) is 0 Å². The molecule has 2 aliphatic carbocycles. The number of aliphatic hydroxyl groups excluding tert-OH is 4. The van der Waals surface area contributed by atoms with Gasteiger partial charge in [0.05, 0.1) is 12.2 Å². The van der Waals surface area contributed by atoms with Gasteiger partial charge in [-0.15, -0.1) is 0 Å². The van der Waals surface area contributed by atoms with Crippen molar-refractivity contribution in [2.24, 2.45) is 11.8 Å². The fourth-order valence-corrected chi connectivity index (χ4v) is 2.53. The highest BCUT2D eigenvalue weighted by atomic mass is 16.4. The lowest BCUT2D eigenvalue weighted by atomic mass is 9.74. The van der Waals surface area contributed by atoms with Crippen LogP contribution in [0.4, 0.5) is 0 Å². The van der Waals surface area contributed by atoms with Crippen molar-refractivity contribution in [2.75, 3.05) is 0 Å². The van der Waals surface area contributed by atoms with Crippen LogP contribution >= 0.6 is 0 Å². The zero-order chi connectivity index (χ0) is 9.59. The van der Waals surface area contributed by atoms with E-state index in [1.165, 1.54) is 0 Å². The maximum Gasteiger partial charge on any atom is 0.109 e. The van der Waals surface area contributed by atoms with Crippen LogP contribution in [0.2, 0.25) is 0 Å². The van der Waals surface area contributed by atoms with E-state index in [-0.39, 0.29) is 11.8 Å². The summed E-state index contributed by atoms with van der Waals surface area (Å²) in [6.45, 7) is 0. The topological polar surface area (TPSA) is 80.9 Å². The first-order chi connectivity index (χ1) is 6.13. The van der Waals surface area contributed by atoms with Crippen LogP contribution in [0.1, 0.15) is 12.8 Å². The van der Waals surface area contributed by atoms with Gasteiger partial charge in [-0.25, -0.2) is 0 Å². The molecule has 75 valence electrons. The Balaban J connectivity index is 2.19. The Morgan fingerprint density at radius 2 is 1.08 bits per heavy atom. The third kappa shape index (κ3) is 1.29. The summed E-state index contributed by atoms with van der Waals surface area (Å²) in [4.78, 5) is 0. The van der Waals surface area contributed by atoms with Crippen LogP contribution in [0.3, 0.4) is 0 Å². The van der Waals surface area contributed by atoms with Crippen LogP contribution < -0.4 is 0 Å². The minimum absolute atomic E-state index is 0.0894. The predicted molar refractivity (Wildman–Crippen MR) is 44.5 cm³/mol. The summed E-state index contributed by atoms with van der Waals surface area (Å²) in [5, 5.41) is 38.0. The Kier molecular flexibility index (Phi) is 2.32. The molecule has 2 fully saturated rings. The molecule has 4 nitrogen and oxygen atoms in total. The van der Waals surface area contributed by atoms with Crippen LogP contribution in [-0.2, 0) is 0 Å². The third-order valence-corrected chi connectivity index (χ3v) is 3.35. The molecular weight excluding hydrogens is 172 g/mol. The number of hydrogen-bond donors (Lipinski definition) is 4. The Hall–Kier alpha value is -0.160. The Morgan fingerprint density at radius 1 is 0.692 bits per heavy atom. The maximum absolute atomic E-state index is 9.59. The summed E-state index contributed by atoms with van der Waals surface area (Å²) in [5.41, 5.74) is 0. The van der Waals surface area contributed by atoms with E-state index in [1.54, 1.807) is 0 Å². The standard InChI is InChI=1S/C9H15O4/c10-6-4-2-1-3-5(4)7(11)9(13)8(6)12/h1,4-13H,2-3H2. The van der Waals surface area contributed by atoms with Gasteiger partial charge in [0.15, 0.2) is 0 Å². The second-order valence-electron chi connectivity index (χ2n) is 4.05. The Morgan fingerprint density at radius 3 is 1.46 bits per heavy atom. The fraction of sp³-hybridized carbons (Fsp3) is 0.889. The summed E-state index contributed by atoms with van der Waals surface area (Å²) in [7, 11) is 0. The van der Waals surface area contributed by atoms with Gasteiger partial charge >= 0.3 is 0 Å². The van der Waals surface area contributed by atoms with Crippen LogP contribution in [0.25, 0.3) is 0 Å². The van der Waals surface area contributed by atoms with E-state index in [0.717, 1.165) is 0 Å². The minimum atomic E-state index is -1.21. The second-order valence-corrected chi connectivity index (χ2v) is 4.05. The second kappa shape index (κ2) is 3.20. The molecule has 6 atom stereocenters. The predicted octanol–water partition coefficient (Wildman–Crippen LogP) is -1.33. The first kappa shape index (κ1) is 9.40. The van der Waals surface area contributed by atoms with Gasteiger partial charge in [-0.1, -0.05) is 0 Å². The molecule has 0 aromatic carbocycles. The van der Waals surface area contributed by atoms with Crippen molar-refractivity contribution in [1.82, 2.24) is 0 Å².